The smallest absolute Gasteiger partial charge is 0.364 e. The van der Waals surface area contributed by atoms with Gasteiger partial charge in [-0.05, 0) is 0 Å². The van der Waals surface area contributed by atoms with E-state index in [0.717, 1.165) is 0 Å². The Kier molecular flexibility index (Phi) is 3.12. The van der Waals surface area contributed by atoms with Gasteiger partial charge in [0, 0.05) is 11.6 Å². The van der Waals surface area contributed by atoms with E-state index in [-0.39, 0.29) is 5.56 Å². The lowest BCUT2D eigenvalue weighted by molar-refractivity contribution is -0.134. The molecule has 3 nitrogen and oxygen atoms in total. The fraction of sp³-hybridized carbons (Fsp3) is 0. The number of aliphatic carboxylic acids is 1. The van der Waals surface area contributed by atoms with Gasteiger partial charge >= 0.3 is 5.97 Å². The van der Waals surface area contributed by atoms with Gasteiger partial charge in [0.2, 0.25) is 5.83 Å². The Bertz CT molecular complexity index is 382. The first-order valence-corrected chi connectivity index (χ1v) is 3.81. The molecule has 0 spiro atoms. The Morgan fingerprint density at radius 3 is 2.29 bits per heavy atom. The summed E-state index contributed by atoms with van der Waals surface area (Å²) in [5, 5.41) is 8.18. The number of carboxylic acids is 1. The highest BCUT2D eigenvalue weighted by Crippen LogP contribution is 2.04. The van der Waals surface area contributed by atoms with Gasteiger partial charge in [-0.2, -0.15) is 4.39 Å². The van der Waals surface area contributed by atoms with Gasteiger partial charge in [-0.3, -0.25) is 4.79 Å². The van der Waals surface area contributed by atoms with Gasteiger partial charge in [-0.1, -0.05) is 30.3 Å². The number of rotatable bonds is 3. The summed E-state index contributed by atoms with van der Waals surface area (Å²) in [7, 11) is 0. The number of ketones is 1. The number of carbonyl (C=O) groups is 2. The van der Waals surface area contributed by atoms with Gasteiger partial charge in [0.05, 0.1) is 0 Å². The first-order chi connectivity index (χ1) is 6.61. The molecule has 1 N–H and O–H groups in total. The van der Waals surface area contributed by atoms with E-state index < -0.39 is 17.6 Å². The minimum Gasteiger partial charge on any atom is -0.476 e. The van der Waals surface area contributed by atoms with E-state index in [1.165, 1.54) is 12.1 Å². The van der Waals surface area contributed by atoms with Crippen LogP contribution >= 0.6 is 0 Å². The van der Waals surface area contributed by atoms with E-state index in [2.05, 4.69) is 0 Å². The molecule has 14 heavy (non-hydrogen) atoms. The van der Waals surface area contributed by atoms with E-state index in [1.807, 2.05) is 0 Å². The largest absolute Gasteiger partial charge is 0.476 e. The van der Waals surface area contributed by atoms with Crippen LogP contribution in [-0.4, -0.2) is 16.9 Å². The molecule has 0 heterocycles. The van der Waals surface area contributed by atoms with Crippen molar-refractivity contribution in [3.63, 3.8) is 0 Å². The molecule has 0 saturated heterocycles. The molecule has 0 unspecified atom stereocenters. The molecule has 0 atom stereocenters. The molecule has 0 aliphatic heterocycles. The van der Waals surface area contributed by atoms with Crippen LogP contribution in [0, 0.1) is 0 Å². The molecule has 1 rings (SSSR count). The molecule has 1 aromatic carbocycles. The first-order valence-electron chi connectivity index (χ1n) is 3.81. The van der Waals surface area contributed by atoms with Crippen LogP contribution in [0.25, 0.3) is 0 Å². The number of benzene rings is 1. The quantitative estimate of drug-likeness (QED) is 0.589. The number of carboxylic acid groups (broad SMARTS) is 1. The average molecular weight is 194 g/mol. The van der Waals surface area contributed by atoms with Gasteiger partial charge in [0.25, 0.3) is 0 Å². The molecule has 0 saturated carbocycles. The third-order valence-electron chi connectivity index (χ3n) is 1.52. The van der Waals surface area contributed by atoms with Crippen LogP contribution in [0.5, 0.6) is 0 Å². The molecule has 72 valence electrons. The predicted octanol–water partition coefficient (Wildman–Crippen LogP) is 1.81. The van der Waals surface area contributed by atoms with Crippen LogP contribution in [0.3, 0.4) is 0 Å². The van der Waals surface area contributed by atoms with Crippen LogP contribution in [0.1, 0.15) is 10.4 Å². The number of hydrogen-bond donors (Lipinski definition) is 1. The van der Waals surface area contributed by atoms with Crippen LogP contribution < -0.4 is 0 Å². The van der Waals surface area contributed by atoms with Crippen molar-refractivity contribution in [1.82, 2.24) is 0 Å². The van der Waals surface area contributed by atoms with E-state index >= 15 is 0 Å². The molecular weight excluding hydrogens is 187 g/mol. The maximum atomic E-state index is 12.5. The normalized spacial score (nSPS) is 11.1. The van der Waals surface area contributed by atoms with Crippen molar-refractivity contribution in [3.05, 3.63) is 47.8 Å². The minimum atomic E-state index is -1.74. The van der Waals surface area contributed by atoms with Crippen LogP contribution in [0.15, 0.2) is 42.2 Å². The Labute approximate surface area is 79.5 Å². The van der Waals surface area contributed by atoms with Crippen LogP contribution in [-0.2, 0) is 4.79 Å². The number of hydrogen-bond acceptors (Lipinski definition) is 2. The highest BCUT2D eigenvalue weighted by molar-refractivity contribution is 6.07. The molecule has 1 aromatic rings. The topological polar surface area (TPSA) is 54.4 Å². The third kappa shape index (κ3) is 2.52. The highest BCUT2D eigenvalue weighted by Gasteiger charge is 2.09. The molecule has 0 radical (unpaired) electrons. The summed E-state index contributed by atoms with van der Waals surface area (Å²) in [5.74, 6) is -3.86. The lowest BCUT2D eigenvalue weighted by atomic mass is 10.1. The van der Waals surface area contributed by atoms with Crippen molar-refractivity contribution in [3.8, 4) is 0 Å². The monoisotopic (exact) mass is 194 g/mol. The molecule has 4 heteroatoms. The van der Waals surface area contributed by atoms with E-state index in [9.17, 15) is 14.0 Å². The third-order valence-corrected chi connectivity index (χ3v) is 1.52. The summed E-state index contributed by atoms with van der Waals surface area (Å²) < 4.78 is 12.5. The fourth-order valence-electron chi connectivity index (χ4n) is 0.863. The van der Waals surface area contributed by atoms with Gasteiger partial charge in [0.15, 0.2) is 5.78 Å². The number of halogens is 1. The molecular formula is C10H7FO3. The summed E-state index contributed by atoms with van der Waals surface area (Å²) in [6.45, 7) is 0. The zero-order valence-electron chi connectivity index (χ0n) is 7.11. The molecule has 0 amide bonds. The van der Waals surface area contributed by atoms with E-state index in [0.29, 0.717) is 6.08 Å². The Morgan fingerprint density at radius 2 is 1.79 bits per heavy atom. The highest BCUT2D eigenvalue weighted by atomic mass is 19.1. The van der Waals surface area contributed by atoms with Crippen molar-refractivity contribution in [2.75, 3.05) is 0 Å². The minimum absolute atomic E-state index is 0.254. The molecule has 0 aliphatic carbocycles. The van der Waals surface area contributed by atoms with Crippen LogP contribution in [0.2, 0.25) is 0 Å². The second-order valence-electron chi connectivity index (χ2n) is 2.53. The number of allylic oxidation sites excluding steroid dienone is 1. The first kappa shape index (κ1) is 10.1. The van der Waals surface area contributed by atoms with E-state index in [1.54, 1.807) is 18.2 Å². The van der Waals surface area contributed by atoms with E-state index in [4.69, 9.17) is 5.11 Å². The molecule has 0 aliphatic rings. The zero-order valence-corrected chi connectivity index (χ0v) is 7.11. The standard InChI is InChI=1S/C10H7FO3/c11-8(10(13)14)6-9(12)7-4-2-1-3-5-7/h1-6H,(H,13,14)/b8-6+. The van der Waals surface area contributed by atoms with Crippen molar-refractivity contribution in [1.29, 1.82) is 0 Å². The average Bonchev–Trinajstić information content (AvgIpc) is 2.19. The van der Waals surface area contributed by atoms with Gasteiger partial charge in [-0.15, -0.1) is 0 Å². The predicted molar refractivity (Wildman–Crippen MR) is 47.6 cm³/mol. The number of carbonyl (C=O) groups excluding carboxylic acids is 1. The summed E-state index contributed by atoms with van der Waals surface area (Å²) in [6, 6.07) is 7.88. The second kappa shape index (κ2) is 4.32. The second-order valence-corrected chi connectivity index (χ2v) is 2.53. The Balaban J connectivity index is 2.88. The van der Waals surface area contributed by atoms with Gasteiger partial charge in [-0.25, -0.2) is 4.79 Å². The lowest BCUT2D eigenvalue weighted by Crippen LogP contribution is -2.00. The summed E-state index contributed by atoms with van der Waals surface area (Å²) >= 11 is 0. The summed E-state index contributed by atoms with van der Waals surface area (Å²) in [6.07, 6.45) is 0.456. The summed E-state index contributed by atoms with van der Waals surface area (Å²) in [5.41, 5.74) is 0.254. The van der Waals surface area contributed by atoms with Crippen molar-refractivity contribution >= 4 is 11.8 Å². The van der Waals surface area contributed by atoms with Gasteiger partial charge in [0.1, 0.15) is 0 Å². The maximum Gasteiger partial charge on any atom is 0.364 e. The van der Waals surface area contributed by atoms with Gasteiger partial charge < -0.3 is 5.11 Å². The molecule has 0 aromatic heterocycles. The zero-order chi connectivity index (χ0) is 10.6. The molecule has 0 bridgehead atoms. The lowest BCUT2D eigenvalue weighted by Gasteiger charge is -1.93. The van der Waals surface area contributed by atoms with Crippen molar-refractivity contribution in [2.45, 2.75) is 0 Å². The van der Waals surface area contributed by atoms with Crippen molar-refractivity contribution in [2.24, 2.45) is 0 Å². The van der Waals surface area contributed by atoms with Crippen LogP contribution in [0.4, 0.5) is 4.39 Å². The van der Waals surface area contributed by atoms with Crippen molar-refractivity contribution < 1.29 is 19.1 Å². The SMILES string of the molecule is O=C(O)/C(F)=C\C(=O)c1ccccc1. The Morgan fingerprint density at radius 1 is 1.21 bits per heavy atom. The fourth-order valence-corrected chi connectivity index (χ4v) is 0.863. The Hall–Kier alpha value is -1.97. The summed E-state index contributed by atoms with van der Waals surface area (Å²) in [4.78, 5) is 21.3. The molecule has 0 fully saturated rings. The maximum absolute atomic E-state index is 12.5.